The highest BCUT2D eigenvalue weighted by Crippen LogP contribution is 1.99. The molecule has 0 atom stereocenters. The first-order valence-electron chi connectivity index (χ1n) is 8.14. The molecule has 0 aliphatic rings. The maximum Gasteiger partial charge on any atom is 0.246 e. The zero-order valence-electron chi connectivity index (χ0n) is 15.2. The summed E-state index contributed by atoms with van der Waals surface area (Å²) in [5.74, 6) is -0.108. The summed E-state index contributed by atoms with van der Waals surface area (Å²) in [5.41, 5.74) is 3.88. The molecule has 0 heterocycles. The largest absolute Gasteiger partial charge is 0.385 e. The van der Waals surface area contributed by atoms with Crippen molar-refractivity contribution in [2.24, 2.45) is 0 Å². The van der Waals surface area contributed by atoms with Crippen LogP contribution < -0.4 is 21.3 Å². The Morgan fingerprint density at radius 2 is 1.00 bits per heavy atom. The summed E-state index contributed by atoms with van der Waals surface area (Å²) in [4.78, 5) is 11.3. The van der Waals surface area contributed by atoms with Gasteiger partial charge in [0.15, 0.2) is 0 Å². The fourth-order valence-electron chi connectivity index (χ4n) is 1.61. The summed E-state index contributed by atoms with van der Waals surface area (Å²) < 4.78 is 0. The van der Waals surface area contributed by atoms with E-state index in [-0.39, 0.29) is 5.91 Å². The van der Waals surface area contributed by atoms with E-state index in [1.54, 1.807) is 6.92 Å². The standard InChI is InChI=1S/C19H32N4O/c1-14(2)16(5)20-10-8-11-21-17(6)18(7)22-12-9-13-23-19(24)15(3)4/h20-22H,1,3,5-13H2,2,4H3,(H,23,24). The molecule has 5 nitrogen and oxygen atoms in total. The number of rotatable bonds is 14. The van der Waals surface area contributed by atoms with Gasteiger partial charge < -0.3 is 21.3 Å². The Kier molecular flexibility index (Phi) is 10.8. The second-order valence-electron chi connectivity index (χ2n) is 5.74. The van der Waals surface area contributed by atoms with Crippen molar-refractivity contribution in [3.8, 4) is 0 Å². The van der Waals surface area contributed by atoms with E-state index in [1.807, 2.05) is 6.92 Å². The number of amides is 1. The van der Waals surface area contributed by atoms with Gasteiger partial charge in [0.25, 0.3) is 0 Å². The van der Waals surface area contributed by atoms with E-state index in [0.29, 0.717) is 12.1 Å². The van der Waals surface area contributed by atoms with Crippen LogP contribution in [0.4, 0.5) is 0 Å². The van der Waals surface area contributed by atoms with Gasteiger partial charge in [-0.2, -0.15) is 0 Å². The average molecular weight is 332 g/mol. The fourth-order valence-corrected chi connectivity index (χ4v) is 1.61. The minimum atomic E-state index is -0.108. The Bertz CT molecular complexity index is 459. The third-order valence-electron chi connectivity index (χ3n) is 3.27. The van der Waals surface area contributed by atoms with Crippen LogP contribution in [-0.4, -0.2) is 32.1 Å². The molecule has 0 aliphatic heterocycles. The monoisotopic (exact) mass is 332 g/mol. The van der Waals surface area contributed by atoms with Crippen molar-refractivity contribution >= 4 is 5.91 Å². The highest BCUT2D eigenvalue weighted by Gasteiger charge is 2.01. The molecule has 134 valence electrons. The van der Waals surface area contributed by atoms with E-state index in [9.17, 15) is 4.79 Å². The van der Waals surface area contributed by atoms with Crippen molar-refractivity contribution in [1.29, 1.82) is 0 Å². The second-order valence-corrected chi connectivity index (χ2v) is 5.74. The molecule has 0 unspecified atom stereocenters. The molecule has 24 heavy (non-hydrogen) atoms. The van der Waals surface area contributed by atoms with E-state index in [0.717, 1.165) is 55.1 Å². The van der Waals surface area contributed by atoms with Gasteiger partial charge in [0.05, 0.1) is 0 Å². The number of allylic oxidation sites excluding steroid dienone is 1. The quantitative estimate of drug-likeness (QED) is 0.224. The summed E-state index contributed by atoms with van der Waals surface area (Å²) in [7, 11) is 0. The van der Waals surface area contributed by atoms with Gasteiger partial charge in [-0.05, 0) is 32.3 Å². The highest BCUT2D eigenvalue weighted by atomic mass is 16.1. The van der Waals surface area contributed by atoms with E-state index < -0.39 is 0 Å². The minimum absolute atomic E-state index is 0.108. The fraction of sp³-hybridized carbons (Fsp3) is 0.421. The van der Waals surface area contributed by atoms with E-state index >= 15 is 0 Å². The van der Waals surface area contributed by atoms with Crippen LogP contribution in [-0.2, 0) is 4.79 Å². The maximum atomic E-state index is 11.3. The number of carbonyl (C=O) groups excluding carboxylic acids is 1. The van der Waals surface area contributed by atoms with Gasteiger partial charge in [-0.15, -0.1) is 0 Å². The van der Waals surface area contributed by atoms with Crippen molar-refractivity contribution < 1.29 is 4.79 Å². The van der Waals surface area contributed by atoms with Gasteiger partial charge in [0.2, 0.25) is 5.91 Å². The minimum Gasteiger partial charge on any atom is -0.385 e. The molecule has 0 saturated carbocycles. The van der Waals surface area contributed by atoms with Gasteiger partial charge >= 0.3 is 0 Å². The lowest BCUT2D eigenvalue weighted by molar-refractivity contribution is -0.117. The van der Waals surface area contributed by atoms with Crippen LogP contribution in [0, 0.1) is 0 Å². The first kappa shape index (κ1) is 21.6. The van der Waals surface area contributed by atoms with Crippen LogP contribution in [0.1, 0.15) is 26.7 Å². The molecule has 4 N–H and O–H groups in total. The molecular weight excluding hydrogens is 300 g/mol. The van der Waals surface area contributed by atoms with Gasteiger partial charge in [0, 0.05) is 48.8 Å². The molecule has 0 bridgehead atoms. The smallest absolute Gasteiger partial charge is 0.246 e. The van der Waals surface area contributed by atoms with Crippen LogP contribution in [0.2, 0.25) is 0 Å². The summed E-state index contributed by atoms with van der Waals surface area (Å²) in [6.45, 7) is 25.8. The Morgan fingerprint density at radius 3 is 1.38 bits per heavy atom. The molecule has 0 saturated heterocycles. The molecule has 0 spiro atoms. The van der Waals surface area contributed by atoms with Crippen LogP contribution in [0.3, 0.4) is 0 Å². The molecule has 0 aromatic carbocycles. The van der Waals surface area contributed by atoms with Crippen molar-refractivity contribution in [2.45, 2.75) is 26.7 Å². The Hall–Kier alpha value is -2.43. The third kappa shape index (κ3) is 10.3. The van der Waals surface area contributed by atoms with Crippen LogP contribution in [0.5, 0.6) is 0 Å². The number of carbonyl (C=O) groups is 1. The van der Waals surface area contributed by atoms with Gasteiger partial charge in [-0.25, -0.2) is 0 Å². The topological polar surface area (TPSA) is 65.2 Å². The van der Waals surface area contributed by atoms with Crippen LogP contribution >= 0.6 is 0 Å². The first-order chi connectivity index (χ1) is 11.3. The number of hydrogen-bond donors (Lipinski definition) is 4. The Labute approximate surface area is 146 Å². The molecule has 0 radical (unpaired) electrons. The van der Waals surface area contributed by atoms with E-state index in [4.69, 9.17) is 0 Å². The summed E-state index contributed by atoms with van der Waals surface area (Å²) >= 11 is 0. The Morgan fingerprint density at radius 1 is 0.625 bits per heavy atom. The number of hydrogen-bond acceptors (Lipinski definition) is 4. The van der Waals surface area contributed by atoms with E-state index in [2.05, 4.69) is 54.2 Å². The van der Waals surface area contributed by atoms with Gasteiger partial charge in [-0.3, -0.25) is 4.79 Å². The lowest BCUT2D eigenvalue weighted by Crippen LogP contribution is -2.29. The Balaban J connectivity index is 3.68. The van der Waals surface area contributed by atoms with Crippen molar-refractivity contribution in [1.82, 2.24) is 21.3 Å². The first-order valence-corrected chi connectivity index (χ1v) is 8.14. The summed E-state index contributed by atoms with van der Waals surface area (Å²) in [6.07, 6.45) is 1.74. The number of nitrogens with one attached hydrogen (secondary N) is 4. The van der Waals surface area contributed by atoms with Gasteiger partial charge in [-0.1, -0.05) is 32.9 Å². The highest BCUT2D eigenvalue weighted by molar-refractivity contribution is 5.91. The van der Waals surface area contributed by atoms with Crippen LogP contribution in [0.25, 0.3) is 0 Å². The molecule has 1 amide bonds. The molecule has 0 rings (SSSR count). The molecular formula is C19H32N4O. The van der Waals surface area contributed by atoms with E-state index in [1.165, 1.54) is 0 Å². The zero-order chi connectivity index (χ0) is 18.5. The van der Waals surface area contributed by atoms with Crippen LogP contribution in [0.15, 0.2) is 61.1 Å². The summed E-state index contributed by atoms with van der Waals surface area (Å²) in [5, 5.41) is 12.4. The summed E-state index contributed by atoms with van der Waals surface area (Å²) in [6, 6.07) is 0. The molecule has 0 aliphatic carbocycles. The SMILES string of the molecule is C=C(C)C(=C)NCCCNC(=C)C(=C)NCCCNC(=O)C(=C)C. The van der Waals surface area contributed by atoms with Crippen molar-refractivity contribution in [3.63, 3.8) is 0 Å². The lowest BCUT2D eigenvalue weighted by atomic mass is 10.2. The lowest BCUT2D eigenvalue weighted by Gasteiger charge is -2.15. The molecule has 0 aromatic heterocycles. The predicted octanol–water partition coefficient (Wildman–Crippen LogP) is 2.34. The molecule has 0 aromatic rings. The second kappa shape index (κ2) is 12.0. The van der Waals surface area contributed by atoms with Gasteiger partial charge in [0.1, 0.15) is 0 Å². The predicted molar refractivity (Wildman–Crippen MR) is 103 cm³/mol. The van der Waals surface area contributed by atoms with Crippen molar-refractivity contribution in [3.05, 3.63) is 61.1 Å². The molecule has 0 fully saturated rings. The normalized spacial score (nSPS) is 9.58. The average Bonchev–Trinajstić information content (AvgIpc) is 2.52. The maximum absolute atomic E-state index is 11.3. The molecule has 5 heteroatoms. The zero-order valence-corrected chi connectivity index (χ0v) is 15.2. The van der Waals surface area contributed by atoms with Crippen molar-refractivity contribution in [2.75, 3.05) is 26.2 Å². The third-order valence-corrected chi connectivity index (χ3v) is 3.27.